The predicted molar refractivity (Wildman–Crippen MR) is 63.5 cm³/mol. The van der Waals surface area contributed by atoms with E-state index >= 15 is 0 Å². The van der Waals surface area contributed by atoms with Crippen LogP contribution in [0.2, 0.25) is 0 Å². The fourth-order valence-corrected chi connectivity index (χ4v) is 1.73. The molecule has 1 aromatic heterocycles. The van der Waals surface area contributed by atoms with Crippen molar-refractivity contribution in [3.63, 3.8) is 0 Å². The van der Waals surface area contributed by atoms with Crippen molar-refractivity contribution < 1.29 is 9.53 Å². The molecular formula is C13H13NO2. The van der Waals surface area contributed by atoms with Crippen LogP contribution < -0.4 is 0 Å². The average molecular weight is 215 g/mol. The van der Waals surface area contributed by atoms with Crippen molar-refractivity contribution in [2.45, 2.75) is 6.54 Å². The van der Waals surface area contributed by atoms with E-state index in [1.54, 1.807) is 6.07 Å². The number of nitrogens with zero attached hydrogens (tertiary/aromatic N) is 1. The molecule has 0 radical (unpaired) electrons. The van der Waals surface area contributed by atoms with Crippen LogP contribution in [0.3, 0.4) is 0 Å². The Balaban J connectivity index is 2.53. The third kappa shape index (κ3) is 1.72. The second-order valence-electron chi connectivity index (χ2n) is 3.52. The standard InChI is InChI=1S/C13H13NO2/c1-3-7-14-8-6-10-4-5-11(9-12(10)14)13(15)16-2/h3-6,8-9H,1,7H2,2H3. The van der Waals surface area contributed by atoms with Crippen LogP contribution in [0.5, 0.6) is 0 Å². The number of esters is 1. The Hall–Kier alpha value is -2.03. The average Bonchev–Trinajstić information content (AvgIpc) is 2.71. The minimum atomic E-state index is -0.312. The Morgan fingerprint density at radius 3 is 3.00 bits per heavy atom. The molecule has 0 spiro atoms. The summed E-state index contributed by atoms with van der Waals surface area (Å²) in [5, 5.41) is 1.11. The molecule has 2 rings (SSSR count). The van der Waals surface area contributed by atoms with Crippen LogP contribution >= 0.6 is 0 Å². The molecule has 0 atom stereocenters. The van der Waals surface area contributed by atoms with E-state index in [1.807, 2.05) is 35.0 Å². The predicted octanol–water partition coefficient (Wildman–Crippen LogP) is 2.61. The van der Waals surface area contributed by atoms with Crippen molar-refractivity contribution in [1.29, 1.82) is 0 Å². The number of methoxy groups -OCH3 is 1. The summed E-state index contributed by atoms with van der Waals surface area (Å²) in [4.78, 5) is 11.4. The van der Waals surface area contributed by atoms with Crippen LogP contribution in [-0.2, 0) is 11.3 Å². The van der Waals surface area contributed by atoms with Gasteiger partial charge in [0.2, 0.25) is 0 Å². The molecule has 3 heteroatoms. The van der Waals surface area contributed by atoms with E-state index in [0.717, 1.165) is 17.4 Å². The maximum atomic E-state index is 11.4. The van der Waals surface area contributed by atoms with Gasteiger partial charge in [-0.05, 0) is 23.6 Å². The first-order valence-corrected chi connectivity index (χ1v) is 5.04. The normalized spacial score (nSPS) is 10.3. The van der Waals surface area contributed by atoms with Crippen molar-refractivity contribution in [2.75, 3.05) is 7.11 Å². The highest BCUT2D eigenvalue weighted by atomic mass is 16.5. The first-order valence-electron chi connectivity index (χ1n) is 5.04. The first kappa shape index (κ1) is 10.5. The van der Waals surface area contributed by atoms with Crippen LogP contribution in [-0.4, -0.2) is 17.6 Å². The fourth-order valence-electron chi connectivity index (χ4n) is 1.73. The quantitative estimate of drug-likeness (QED) is 0.582. The molecular weight excluding hydrogens is 202 g/mol. The summed E-state index contributed by atoms with van der Waals surface area (Å²) in [6.07, 6.45) is 3.80. The Morgan fingerprint density at radius 2 is 2.31 bits per heavy atom. The van der Waals surface area contributed by atoms with E-state index in [0.29, 0.717) is 5.56 Å². The SMILES string of the molecule is C=CCn1ccc2ccc(C(=O)OC)cc21. The summed E-state index contributed by atoms with van der Waals surface area (Å²) >= 11 is 0. The molecule has 1 aromatic carbocycles. The number of benzene rings is 1. The molecule has 0 saturated carbocycles. The fraction of sp³-hybridized carbons (Fsp3) is 0.154. The van der Waals surface area contributed by atoms with Crippen LogP contribution in [0.25, 0.3) is 10.9 Å². The smallest absolute Gasteiger partial charge is 0.337 e. The van der Waals surface area contributed by atoms with Gasteiger partial charge < -0.3 is 9.30 Å². The Labute approximate surface area is 93.9 Å². The summed E-state index contributed by atoms with van der Waals surface area (Å²) in [5.41, 5.74) is 1.59. The minimum absolute atomic E-state index is 0.312. The van der Waals surface area contributed by atoms with Crippen molar-refractivity contribution in [3.05, 3.63) is 48.7 Å². The van der Waals surface area contributed by atoms with E-state index in [9.17, 15) is 4.79 Å². The number of hydrogen-bond donors (Lipinski definition) is 0. The van der Waals surface area contributed by atoms with Gasteiger partial charge in [-0.25, -0.2) is 4.79 Å². The molecule has 0 amide bonds. The molecule has 0 bridgehead atoms. The second-order valence-corrected chi connectivity index (χ2v) is 3.52. The number of fused-ring (bicyclic) bond motifs is 1. The van der Waals surface area contributed by atoms with Gasteiger partial charge in [-0.15, -0.1) is 6.58 Å². The lowest BCUT2D eigenvalue weighted by atomic mass is 10.1. The molecule has 0 N–H and O–H groups in total. The van der Waals surface area contributed by atoms with Crippen LogP contribution in [0.4, 0.5) is 0 Å². The number of ether oxygens (including phenoxy) is 1. The minimum Gasteiger partial charge on any atom is -0.465 e. The maximum absolute atomic E-state index is 11.4. The molecule has 1 heterocycles. The van der Waals surface area contributed by atoms with Gasteiger partial charge in [-0.2, -0.15) is 0 Å². The third-order valence-corrected chi connectivity index (χ3v) is 2.52. The molecule has 0 aliphatic rings. The largest absolute Gasteiger partial charge is 0.465 e. The monoisotopic (exact) mass is 215 g/mol. The van der Waals surface area contributed by atoms with E-state index < -0.39 is 0 Å². The Morgan fingerprint density at radius 1 is 1.50 bits per heavy atom. The van der Waals surface area contributed by atoms with Gasteiger partial charge in [-0.3, -0.25) is 0 Å². The lowest BCUT2D eigenvalue weighted by Crippen LogP contribution is -2.01. The Bertz CT molecular complexity index is 540. The maximum Gasteiger partial charge on any atom is 0.337 e. The number of rotatable bonds is 3. The molecule has 0 unspecified atom stereocenters. The van der Waals surface area contributed by atoms with Crippen molar-refractivity contribution in [3.8, 4) is 0 Å². The van der Waals surface area contributed by atoms with Gasteiger partial charge in [0.05, 0.1) is 12.7 Å². The molecule has 2 aromatic rings. The topological polar surface area (TPSA) is 31.2 Å². The number of carbonyl (C=O) groups excluding carboxylic acids is 1. The first-order chi connectivity index (χ1) is 7.76. The summed E-state index contributed by atoms with van der Waals surface area (Å²) < 4.78 is 6.73. The second kappa shape index (κ2) is 4.23. The Kier molecular flexibility index (Phi) is 2.77. The van der Waals surface area contributed by atoms with E-state index in [1.165, 1.54) is 7.11 Å². The zero-order valence-corrected chi connectivity index (χ0v) is 9.14. The molecule has 0 aliphatic heterocycles. The summed E-state index contributed by atoms with van der Waals surface area (Å²) in [6.45, 7) is 4.43. The molecule has 3 nitrogen and oxygen atoms in total. The number of hydrogen-bond acceptors (Lipinski definition) is 2. The highest BCUT2D eigenvalue weighted by Gasteiger charge is 2.07. The highest BCUT2D eigenvalue weighted by Crippen LogP contribution is 2.18. The summed E-state index contributed by atoms with van der Waals surface area (Å²) in [7, 11) is 1.38. The van der Waals surface area contributed by atoms with E-state index in [4.69, 9.17) is 4.74 Å². The lowest BCUT2D eigenvalue weighted by molar-refractivity contribution is 0.0601. The van der Waals surface area contributed by atoms with Crippen molar-refractivity contribution >= 4 is 16.9 Å². The molecule has 0 aliphatic carbocycles. The van der Waals surface area contributed by atoms with E-state index in [-0.39, 0.29) is 5.97 Å². The summed E-state index contributed by atoms with van der Waals surface area (Å²) in [5.74, 6) is -0.312. The van der Waals surface area contributed by atoms with Gasteiger partial charge in [0.15, 0.2) is 0 Å². The van der Waals surface area contributed by atoms with Gasteiger partial charge in [0.25, 0.3) is 0 Å². The highest BCUT2D eigenvalue weighted by molar-refractivity contribution is 5.94. The van der Waals surface area contributed by atoms with Gasteiger partial charge in [0.1, 0.15) is 0 Å². The molecule has 82 valence electrons. The zero-order chi connectivity index (χ0) is 11.5. The molecule has 0 fully saturated rings. The van der Waals surface area contributed by atoms with Crippen LogP contribution in [0.15, 0.2) is 43.1 Å². The van der Waals surface area contributed by atoms with Crippen molar-refractivity contribution in [1.82, 2.24) is 4.57 Å². The van der Waals surface area contributed by atoms with Gasteiger partial charge >= 0.3 is 5.97 Å². The lowest BCUT2D eigenvalue weighted by Gasteiger charge is -2.03. The zero-order valence-electron chi connectivity index (χ0n) is 9.14. The number of allylic oxidation sites excluding steroid dienone is 1. The van der Waals surface area contributed by atoms with Crippen LogP contribution in [0, 0.1) is 0 Å². The van der Waals surface area contributed by atoms with Gasteiger partial charge in [-0.1, -0.05) is 12.1 Å². The molecule has 16 heavy (non-hydrogen) atoms. The third-order valence-electron chi connectivity index (χ3n) is 2.52. The molecule has 0 saturated heterocycles. The van der Waals surface area contributed by atoms with Crippen LogP contribution in [0.1, 0.15) is 10.4 Å². The van der Waals surface area contributed by atoms with Crippen molar-refractivity contribution in [2.24, 2.45) is 0 Å². The number of aromatic nitrogens is 1. The summed E-state index contributed by atoms with van der Waals surface area (Å²) in [6, 6.07) is 7.54. The van der Waals surface area contributed by atoms with E-state index in [2.05, 4.69) is 6.58 Å². The number of carbonyl (C=O) groups is 1. The van der Waals surface area contributed by atoms with Gasteiger partial charge in [0, 0.05) is 18.3 Å².